The van der Waals surface area contributed by atoms with E-state index in [0.29, 0.717) is 31.6 Å². The van der Waals surface area contributed by atoms with Gasteiger partial charge in [0, 0.05) is 95.5 Å². The van der Waals surface area contributed by atoms with Gasteiger partial charge in [-0.2, -0.15) is 0 Å². The maximum Gasteiger partial charge on any atom is 0.411 e. The lowest BCUT2D eigenvalue weighted by atomic mass is 9.98. The van der Waals surface area contributed by atoms with Crippen LogP contribution < -0.4 is 10.6 Å². The van der Waals surface area contributed by atoms with Gasteiger partial charge in [-0.15, -0.1) is 25.6 Å². The van der Waals surface area contributed by atoms with Gasteiger partial charge in [0.15, 0.2) is 0 Å². The van der Waals surface area contributed by atoms with Crippen molar-refractivity contribution in [2.75, 3.05) is 56.6 Å². The Morgan fingerprint density at radius 1 is 0.782 bits per heavy atom. The van der Waals surface area contributed by atoms with E-state index in [1.165, 1.54) is 22.3 Å². The first-order valence-corrected chi connectivity index (χ1v) is 19.3. The van der Waals surface area contributed by atoms with Crippen LogP contribution in [0.4, 0.5) is 21.0 Å². The summed E-state index contributed by atoms with van der Waals surface area (Å²) in [5.74, 6) is 0.688. The highest BCUT2D eigenvalue weighted by molar-refractivity contribution is 5.98. The van der Waals surface area contributed by atoms with Crippen molar-refractivity contribution in [3.63, 3.8) is 0 Å². The molecule has 55 heavy (non-hydrogen) atoms. The molecule has 10 nitrogen and oxygen atoms in total. The van der Waals surface area contributed by atoms with E-state index < -0.39 is 12.2 Å². The van der Waals surface area contributed by atoms with Crippen LogP contribution in [-0.4, -0.2) is 83.9 Å². The van der Waals surface area contributed by atoms with Crippen molar-refractivity contribution in [2.45, 2.75) is 65.8 Å². The Hall–Kier alpha value is -4.77. The van der Waals surface area contributed by atoms with E-state index >= 15 is 0 Å². The van der Waals surface area contributed by atoms with Crippen molar-refractivity contribution in [3.05, 3.63) is 97.4 Å². The molecule has 0 aliphatic carbocycles. The molecule has 0 spiro atoms. The number of ether oxygens (including phenoxy) is 2. The second kappa shape index (κ2) is 21.4. The molecular weight excluding hydrogens is 712 g/mol. The molecule has 6 rings (SSSR count). The number of fused-ring (bicyclic) bond motifs is 2. The predicted molar refractivity (Wildman–Crippen MR) is 231 cm³/mol. The van der Waals surface area contributed by atoms with Gasteiger partial charge in [0.1, 0.15) is 0 Å². The summed E-state index contributed by atoms with van der Waals surface area (Å²) in [5, 5.41) is 7.88. The molecule has 296 valence electrons. The van der Waals surface area contributed by atoms with Gasteiger partial charge in [-0.1, -0.05) is 38.2 Å². The number of hydrogen-bond donors (Lipinski definition) is 4. The zero-order valence-corrected chi connectivity index (χ0v) is 33.7. The number of nitrogens with one attached hydrogen (secondary N) is 4. The van der Waals surface area contributed by atoms with E-state index in [1.54, 1.807) is 6.08 Å². The average molecular weight is 771 g/mol. The van der Waals surface area contributed by atoms with E-state index in [1.807, 2.05) is 42.5 Å². The van der Waals surface area contributed by atoms with Gasteiger partial charge in [0.2, 0.25) is 0 Å². The maximum absolute atomic E-state index is 12.0. The molecule has 4 N–H and O–H groups in total. The molecule has 11 heteroatoms. The molecule has 0 saturated carbocycles. The van der Waals surface area contributed by atoms with Gasteiger partial charge >= 0.3 is 12.2 Å². The summed E-state index contributed by atoms with van der Waals surface area (Å²) in [4.78, 5) is 35.5. The number of carbonyl (C=O) groups excluding carboxylic acids is 2. The zero-order chi connectivity index (χ0) is 38.5. The summed E-state index contributed by atoms with van der Waals surface area (Å²) in [6, 6.07) is 12.4. The molecule has 2 aromatic heterocycles. The Kier molecular flexibility index (Phi) is 16.7. The van der Waals surface area contributed by atoms with Gasteiger partial charge < -0.3 is 19.4 Å². The number of anilines is 2. The van der Waals surface area contributed by atoms with Crippen molar-refractivity contribution in [2.24, 2.45) is 5.92 Å². The monoisotopic (exact) mass is 770 g/mol. The Morgan fingerprint density at radius 3 is 1.80 bits per heavy atom. The normalized spacial score (nSPS) is 14.7. The molecule has 0 saturated heterocycles. The number of rotatable bonds is 14. The van der Waals surface area contributed by atoms with Crippen molar-refractivity contribution in [3.8, 4) is 0 Å². The third kappa shape index (κ3) is 12.4. The van der Waals surface area contributed by atoms with E-state index in [9.17, 15) is 9.59 Å². The summed E-state index contributed by atoms with van der Waals surface area (Å²) in [5.41, 5.74) is 8.80. The van der Waals surface area contributed by atoms with E-state index in [2.05, 4.69) is 95.8 Å². The fourth-order valence-electron chi connectivity index (χ4n) is 6.90. The lowest BCUT2D eigenvalue weighted by Crippen LogP contribution is -2.34. The first-order valence-electron chi connectivity index (χ1n) is 19.3. The number of hydrogen-bond acceptors (Lipinski definition) is 6. The second-order valence-corrected chi connectivity index (χ2v) is 14.7. The standard InChI is InChI=1S/C23H31N3O2.C21H27N3O2.ClH/c1-4-5-6-13-28-23(27)25-19-7-8-22-20(14-19)21(15-24-22)18-9-11-26(12-10-18)16-17(2)3;1-4-5-12-26-21(25)23-17-6-7-20-18(13-17)19(14-22-20)16-8-10-24(11-9-16)15(2)3;/h4,7-9,14-15,17,24H,1,5-6,10-13,16H2,2-3H3,(H,25,27);4,6-8,13-15,22H,1,5,9-12H2,2-3H3,(H,23,25);1H. The van der Waals surface area contributed by atoms with Crippen molar-refractivity contribution < 1.29 is 19.1 Å². The van der Waals surface area contributed by atoms with Crippen LogP contribution in [0.25, 0.3) is 33.0 Å². The molecule has 2 aliphatic rings. The predicted octanol–water partition coefficient (Wildman–Crippen LogP) is 10.6. The summed E-state index contributed by atoms with van der Waals surface area (Å²) in [6.07, 6.45) is 15.8. The quantitative estimate of drug-likeness (QED) is 0.0750. The zero-order valence-electron chi connectivity index (χ0n) is 32.9. The highest BCUT2D eigenvalue weighted by Crippen LogP contribution is 2.33. The lowest BCUT2D eigenvalue weighted by molar-refractivity contribution is 0.160. The minimum atomic E-state index is -0.437. The molecule has 2 aromatic carbocycles. The summed E-state index contributed by atoms with van der Waals surface area (Å²) in [6.45, 7) is 22.3. The molecule has 4 aromatic rings. The van der Waals surface area contributed by atoms with Gasteiger partial charge in [-0.3, -0.25) is 20.4 Å². The van der Waals surface area contributed by atoms with Gasteiger partial charge in [-0.25, -0.2) is 9.59 Å². The second-order valence-electron chi connectivity index (χ2n) is 14.7. The maximum atomic E-state index is 12.0. The highest BCUT2D eigenvalue weighted by Gasteiger charge is 2.19. The Labute approximate surface area is 332 Å². The molecule has 0 fully saturated rings. The van der Waals surface area contributed by atoms with Crippen LogP contribution in [0.5, 0.6) is 0 Å². The number of aromatic nitrogens is 2. The first kappa shape index (κ1) is 43.0. The Balaban J connectivity index is 0.000000241. The topological polar surface area (TPSA) is 115 Å². The number of benzene rings is 2. The number of amides is 2. The van der Waals surface area contributed by atoms with Gasteiger partial charge in [-0.05, 0) is 99.4 Å². The lowest BCUT2D eigenvalue weighted by Gasteiger charge is -2.29. The molecule has 4 heterocycles. The molecule has 0 radical (unpaired) electrons. The third-order valence-corrected chi connectivity index (χ3v) is 9.78. The SMILES string of the molecule is C=CCCCOC(=O)Nc1ccc2[nH]cc(C3=CCN(CC(C)C)CC3)c2c1.C=CCCOC(=O)Nc1ccc2[nH]cc(C3=CCN(C(C)C)CC3)c2c1.Cl. The van der Waals surface area contributed by atoms with Crippen LogP contribution in [0, 0.1) is 5.92 Å². The Bertz CT molecular complexity index is 1960. The number of halogens is 1. The number of aromatic amines is 2. The molecular formula is C44H59ClN6O4. The van der Waals surface area contributed by atoms with Crippen LogP contribution in [-0.2, 0) is 9.47 Å². The molecule has 0 unspecified atom stereocenters. The molecule has 2 aliphatic heterocycles. The number of nitrogens with zero attached hydrogens (tertiary/aromatic N) is 2. The van der Waals surface area contributed by atoms with Crippen molar-refractivity contribution in [1.29, 1.82) is 0 Å². The largest absolute Gasteiger partial charge is 0.449 e. The molecule has 0 bridgehead atoms. The summed E-state index contributed by atoms with van der Waals surface area (Å²) in [7, 11) is 0. The van der Waals surface area contributed by atoms with Gasteiger partial charge in [0.25, 0.3) is 0 Å². The number of carbonyl (C=O) groups is 2. The van der Waals surface area contributed by atoms with Crippen LogP contribution in [0.15, 0.2) is 86.3 Å². The number of allylic oxidation sites excluding steroid dienone is 1. The Morgan fingerprint density at radius 2 is 1.33 bits per heavy atom. The van der Waals surface area contributed by atoms with E-state index in [0.717, 1.165) is 91.6 Å². The van der Waals surface area contributed by atoms with Crippen molar-refractivity contribution >= 4 is 68.9 Å². The highest BCUT2D eigenvalue weighted by atomic mass is 35.5. The minimum absolute atomic E-state index is 0. The fraction of sp³-hybridized carbons (Fsp3) is 0.409. The van der Waals surface area contributed by atoms with E-state index in [4.69, 9.17) is 9.47 Å². The molecule has 0 atom stereocenters. The smallest absolute Gasteiger partial charge is 0.411 e. The van der Waals surface area contributed by atoms with Crippen LogP contribution in [0.1, 0.15) is 70.9 Å². The minimum Gasteiger partial charge on any atom is -0.449 e. The third-order valence-electron chi connectivity index (χ3n) is 9.78. The van der Waals surface area contributed by atoms with E-state index in [-0.39, 0.29) is 12.4 Å². The van der Waals surface area contributed by atoms with Crippen molar-refractivity contribution in [1.82, 2.24) is 19.8 Å². The number of unbranched alkanes of at least 4 members (excludes halogenated alkanes) is 1. The van der Waals surface area contributed by atoms with Gasteiger partial charge in [0.05, 0.1) is 13.2 Å². The fourth-order valence-corrected chi connectivity index (χ4v) is 6.90. The number of H-pyrrole nitrogens is 2. The average Bonchev–Trinajstić information content (AvgIpc) is 3.78. The first-order chi connectivity index (χ1) is 26.1. The summed E-state index contributed by atoms with van der Waals surface area (Å²) < 4.78 is 10.3. The van der Waals surface area contributed by atoms with Crippen LogP contribution in [0.2, 0.25) is 0 Å². The molecule has 2 amide bonds. The summed E-state index contributed by atoms with van der Waals surface area (Å²) >= 11 is 0. The van der Waals surface area contributed by atoms with Crippen LogP contribution in [0.3, 0.4) is 0 Å². The van der Waals surface area contributed by atoms with Crippen LogP contribution >= 0.6 is 12.4 Å².